The van der Waals surface area contributed by atoms with Crippen LogP contribution in [0.3, 0.4) is 0 Å². The van der Waals surface area contributed by atoms with E-state index in [2.05, 4.69) is 31.2 Å². The second-order valence-corrected chi connectivity index (χ2v) is 5.55. The molecular formula is C10H16BrN3O2S. The highest BCUT2D eigenvalue weighted by Crippen LogP contribution is 2.22. The van der Waals surface area contributed by atoms with Gasteiger partial charge in [0.15, 0.2) is 0 Å². The Morgan fingerprint density at radius 1 is 1.65 bits per heavy atom. The van der Waals surface area contributed by atoms with Crippen molar-refractivity contribution in [1.29, 1.82) is 0 Å². The van der Waals surface area contributed by atoms with Gasteiger partial charge in [0.25, 0.3) is 0 Å². The molecule has 7 heteroatoms. The SMILES string of the molecule is COc1nc(NCC(C)(O)CSC)ncc1Br. The van der Waals surface area contributed by atoms with Crippen molar-refractivity contribution < 1.29 is 9.84 Å². The van der Waals surface area contributed by atoms with Crippen LogP contribution in [0.2, 0.25) is 0 Å². The van der Waals surface area contributed by atoms with E-state index in [1.54, 1.807) is 32.0 Å². The number of hydrogen-bond acceptors (Lipinski definition) is 6. The largest absolute Gasteiger partial charge is 0.480 e. The number of hydrogen-bond donors (Lipinski definition) is 2. The zero-order chi connectivity index (χ0) is 12.9. The minimum absolute atomic E-state index is 0.388. The Kier molecular flexibility index (Phi) is 5.48. The molecule has 1 heterocycles. The first-order chi connectivity index (χ1) is 7.98. The summed E-state index contributed by atoms with van der Waals surface area (Å²) in [5.74, 6) is 1.55. The maximum absolute atomic E-state index is 9.98. The van der Waals surface area contributed by atoms with Gasteiger partial charge in [-0.3, -0.25) is 0 Å². The zero-order valence-corrected chi connectivity index (χ0v) is 12.4. The van der Waals surface area contributed by atoms with Crippen LogP contribution in [0.25, 0.3) is 0 Å². The Balaban J connectivity index is 2.63. The summed E-state index contributed by atoms with van der Waals surface area (Å²) < 4.78 is 5.76. The van der Waals surface area contributed by atoms with Gasteiger partial charge in [-0.05, 0) is 29.1 Å². The van der Waals surface area contributed by atoms with E-state index in [-0.39, 0.29) is 0 Å². The molecule has 1 rings (SSSR count). The molecule has 1 atom stereocenters. The molecule has 0 bridgehead atoms. The summed E-state index contributed by atoms with van der Waals surface area (Å²) in [5, 5.41) is 13.0. The molecule has 0 amide bonds. The summed E-state index contributed by atoms with van der Waals surface area (Å²) in [4.78, 5) is 8.23. The predicted molar refractivity (Wildman–Crippen MR) is 73.8 cm³/mol. The van der Waals surface area contributed by atoms with Crippen LogP contribution < -0.4 is 10.1 Å². The molecule has 0 fully saturated rings. The summed E-state index contributed by atoms with van der Waals surface area (Å²) >= 11 is 4.87. The molecule has 96 valence electrons. The van der Waals surface area contributed by atoms with Gasteiger partial charge in [-0.2, -0.15) is 16.7 Å². The molecule has 0 saturated carbocycles. The highest BCUT2D eigenvalue weighted by Gasteiger charge is 2.19. The van der Waals surface area contributed by atoms with Gasteiger partial charge in [-0.25, -0.2) is 4.98 Å². The van der Waals surface area contributed by atoms with E-state index in [4.69, 9.17) is 4.74 Å². The first-order valence-corrected chi connectivity index (χ1v) is 7.19. The molecule has 5 nitrogen and oxygen atoms in total. The van der Waals surface area contributed by atoms with Gasteiger partial charge in [-0.1, -0.05) is 0 Å². The highest BCUT2D eigenvalue weighted by molar-refractivity contribution is 9.10. The number of nitrogens with zero attached hydrogens (tertiary/aromatic N) is 2. The van der Waals surface area contributed by atoms with E-state index in [1.165, 1.54) is 0 Å². The van der Waals surface area contributed by atoms with Crippen molar-refractivity contribution in [2.45, 2.75) is 12.5 Å². The zero-order valence-electron chi connectivity index (χ0n) is 10.0. The van der Waals surface area contributed by atoms with E-state index in [0.717, 1.165) is 0 Å². The third-order valence-corrected chi connectivity index (χ3v) is 3.44. The standard InChI is InChI=1S/C10H16BrN3O2S/c1-10(15,6-17-3)5-13-9-12-4-7(11)8(14-9)16-2/h4,15H,5-6H2,1-3H3,(H,12,13,14). The summed E-state index contributed by atoms with van der Waals surface area (Å²) in [6, 6.07) is 0. The normalized spacial score (nSPS) is 14.2. The topological polar surface area (TPSA) is 67.3 Å². The lowest BCUT2D eigenvalue weighted by Crippen LogP contribution is -2.36. The molecule has 1 unspecified atom stereocenters. The lowest BCUT2D eigenvalue weighted by atomic mass is 10.1. The molecule has 0 radical (unpaired) electrons. The van der Waals surface area contributed by atoms with Gasteiger partial charge in [0.1, 0.15) is 0 Å². The van der Waals surface area contributed by atoms with Crippen LogP contribution in [0.1, 0.15) is 6.92 Å². The molecule has 2 N–H and O–H groups in total. The number of nitrogens with one attached hydrogen (secondary N) is 1. The summed E-state index contributed by atoms with van der Waals surface area (Å²) in [7, 11) is 1.54. The van der Waals surface area contributed by atoms with Crippen LogP contribution in [0.15, 0.2) is 10.7 Å². The van der Waals surface area contributed by atoms with Crippen LogP contribution in [-0.4, -0.2) is 46.3 Å². The number of ether oxygens (including phenoxy) is 1. The predicted octanol–water partition coefficient (Wildman–Crippen LogP) is 1.77. The van der Waals surface area contributed by atoms with E-state index in [0.29, 0.717) is 28.6 Å². The first kappa shape index (κ1) is 14.5. The third kappa shape index (κ3) is 4.69. The van der Waals surface area contributed by atoms with Crippen LogP contribution >= 0.6 is 27.7 Å². The Bertz CT molecular complexity index is 377. The summed E-state index contributed by atoms with van der Waals surface area (Å²) in [5.41, 5.74) is -0.789. The average molecular weight is 322 g/mol. The van der Waals surface area contributed by atoms with E-state index >= 15 is 0 Å². The van der Waals surface area contributed by atoms with Gasteiger partial charge in [0.2, 0.25) is 11.8 Å². The Labute approximate surface area is 114 Å². The smallest absolute Gasteiger partial charge is 0.232 e. The Morgan fingerprint density at radius 2 is 2.35 bits per heavy atom. The molecule has 1 aromatic heterocycles. The Morgan fingerprint density at radius 3 is 2.94 bits per heavy atom. The number of methoxy groups -OCH3 is 1. The van der Waals surface area contributed by atoms with Gasteiger partial charge < -0.3 is 15.2 Å². The molecular weight excluding hydrogens is 306 g/mol. The Hall–Kier alpha value is -0.530. The second-order valence-electron chi connectivity index (χ2n) is 3.83. The van der Waals surface area contributed by atoms with Crippen molar-refractivity contribution in [2.75, 3.05) is 31.0 Å². The minimum Gasteiger partial charge on any atom is -0.480 e. The average Bonchev–Trinajstić information content (AvgIpc) is 2.28. The van der Waals surface area contributed by atoms with Crippen molar-refractivity contribution in [3.63, 3.8) is 0 Å². The molecule has 0 aliphatic carbocycles. The van der Waals surface area contributed by atoms with Crippen LogP contribution in [0, 0.1) is 0 Å². The van der Waals surface area contributed by atoms with Crippen LogP contribution in [-0.2, 0) is 0 Å². The molecule has 17 heavy (non-hydrogen) atoms. The quantitative estimate of drug-likeness (QED) is 0.832. The monoisotopic (exact) mass is 321 g/mol. The fourth-order valence-electron chi connectivity index (χ4n) is 1.21. The van der Waals surface area contributed by atoms with Gasteiger partial charge >= 0.3 is 0 Å². The van der Waals surface area contributed by atoms with Crippen molar-refractivity contribution in [2.24, 2.45) is 0 Å². The maximum Gasteiger partial charge on any atom is 0.232 e. The maximum atomic E-state index is 9.98. The number of aromatic nitrogens is 2. The molecule has 0 aliphatic rings. The van der Waals surface area contributed by atoms with Gasteiger partial charge in [0.05, 0.1) is 23.4 Å². The molecule has 0 saturated heterocycles. The minimum atomic E-state index is -0.789. The third-order valence-electron chi connectivity index (χ3n) is 1.99. The van der Waals surface area contributed by atoms with Crippen molar-refractivity contribution in [3.05, 3.63) is 10.7 Å². The van der Waals surface area contributed by atoms with E-state index in [9.17, 15) is 5.11 Å². The molecule has 0 aliphatic heterocycles. The fourth-order valence-corrected chi connectivity index (χ4v) is 2.29. The van der Waals surface area contributed by atoms with Crippen molar-refractivity contribution in [1.82, 2.24) is 9.97 Å². The van der Waals surface area contributed by atoms with Crippen molar-refractivity contribution >= 4 is 33.6 Å². The highest BCUT2D eigenvalue weighted by atomic mass is 79.9. The number of rotatable bonds is 6. The summed E-state index contributed by atoms with van der Waals surface area (Å²) in [6.45, 7) is 2.16. The van der Waals surface area contributed by atoms with Crippen LogP contribution in [0.5, 0.6) is 5.88 Å². The lowest BCUT2D eigenvalue weighted by molar-refractivity contribution is 0.0995. The number of aliphatic hydroxyl groups is 1. The lowest BCUT2D eigenvalue weighted by Gasteiger charge is -2.22. The van der Waals surface area contributed by atoms with Crippen LogP contribution in [0.4, 0.5) is 5.95 Å². The number of anilines is 1. The number of halogens is 1. The summed E-state index contributed by atoms with van der Waals surface area (Å²) in [6.07, 6.45) is 3.56. The molecule has 1 aromatic rings. The number of thioether (sulfide) groups is 1. The fraction of sp³-hybridized carbons (Fsp3) is 0.600. The molecule has 0 spiro atoms. The van der Waals surface area contributed by atoms with E-state index in [1.807, 2.05) is 6.26 Å². The first-order valence-electron chi connectivity index (χ1n) is 5.00. The van der Waals surface area contributed by atoms with Crippen molar-refractivity contribution in [3.8, 4) is 5.88 Å². The van der Waals surface area contributed by atoms with Gasteiger partial charge in [0, 0.05) is 12.3 Å². The van der Waals surface area contributed by atoms with E-state index < -0.39 is 5.60 Å². The second kappa shape index (κ2) is 6.42. The molecule has 0 aromatic carbocycles. The van der Waals surface area contributed by atoms with Gasteiger partial charge in [-0.15, -0.1) is 0 Å².